The van der Waals surface area contributed by atoms with Crippen LogP contribution in [-0.4, -0.2) is 26.4 Å². The normalized spacial score (nSPS) is 11.2. The van der Waals surface area contributed by atoms with E-state index >= 15 is 0 Å². The molecule has 3 rings (SSSR count). The van der Waals surface area contributed by atoms with Crippen LogP contribution in [0.2, 0.25) is 5.28 Å². The Hall–Kier alpha value is -3.39. The van der Waals surface area contributed by atoms with Gasteiger partial charge in [0.1, 0.15) is 5.75 Å². The molecule has 0 fully saturated rings. The van der Waals surface area contributed by atoms with Gasteiger partial charge in [0.2, 0.25) is 17.1 Å². The van der Waals surface area contributed by atoms with Crippen LogP contribution in [0, 0.1) is 5.41 Å². The van der Waals surface area contributed by atoms with Crippen LogP contribution in [0.25, 0.3) is 11.0 Å². The first-order chi connectivity index (χ1) is 14.2. The molecule has 0 unspecified atom stereocenters. The lowest BCUT2D eigenvalue weighted by atomic mass is 9.98. The van der Waals surface area contributed by atoms with E-state index in [9.17, 15) is 9.59 Å². The van der Waals surface area contributed by atoms with E-state index in [2.05, 4.69) is 21.9 Å². The summed E-state index contributed by atoms with van der Waals surface area (Å²) in [4.78, 5) is 31.9. The minimum atomic E-state index is -0.615. The van der Waals surface area contributed by atoms with Crippen molar-refractivity contribution in [2.45, 2.75) is 27.5 Å². The number of fused-ring (bicyclic) bond motifs is 1. The number of ether oxygens (including phenoxy) is 2. The van der Waals surface area contributed by atoms with Gasteiger partial charge in [0.15, 0.2) is 12.4 Å². The molecule has 0 aliphatic carbocycles. The number of carbonyl (C=O) groups excluding carboxylic acids is 2. The number of amides is 1. The Balaban J connectivity index is 1.86. The van der Waals surface area contributed by atoms with Crippen molar-refractivity contribution in [3.05, 3.63) is 54.5 Å². The molecule has 30 heavy (non-hydrogen) atoms. The second-order valence-electron chi connectivity index (χ2n) is 7.45. The van der Waals surface area contributed by atoms with Crippen molar-refractivity contribution in [2.75, 3.05) is 5.32 Å². The van der Waals surface area contributed by atoms with Gasteiger partial charge in [-0.2, -0.15) is 9.97 Å². The van der Waals surface area contributed by atoms with Crippen LogP contribution in [0.4, 0.5) is 5.69 Å². The molecule has 1 N–H and O–H groups in total. The third-order valence-electron chi connectivity index (χ3n) is 4.01. The number of hydrogen-bond donors (Lipinski definition) is 1. The summed E-state index contributed by atoms with van der Waals surface area (Å²) in [5.74, 6) is 0.0128. The van der Waals surface area contributed by atoms with E-state index in [-0.39, 0.29) is 29.8 Å². The molecule has 1 aromatic carbocycles. The van der Waals surface area contributed by atoms with Crippen LogP contribution >= 0.6 is 11.6 Å². The second-order valence-corrected chi connectivity index (χ2v) is 7.79. The molecule has 0 atom stereocenters. The molecule has 0 bridgehead atoms. The lowest BCUT2D eigenvalue weighted by molar-refractivity contribution is -0.156. The van der Waals surface area contributed by atoms with Gasteiger partial charge in [-0.1, -0.05) is 12.6 Å². The monoisotopic (exact) mass is 428 g/mol. The van der Waals surface area contributed by atoms with Crippen LogP contribution in [0.3, 0.4) is 0 Å². The van der Waals surface area contributed by atoms with Crippen molar-refractivity contribution in [1.82, 2.24) is 14.5 Å². The predicted molar refractivity (Wildman–Crippen MR) is 113 cm³/mol. The van der Waals surface area contributed by atoms with Crippen molar-refractivity contribution in [3.63, 3.8) is 0 Å². The van der Waals surface area contributed by atoms with Gasteiger partial charge in [-0.25, -0.2) is 0 Å². The van der Waals surface area contributed by atoms with E-state index in [0.29, 0.717) is 22.5 Å². The molecular weight excluding hydrogens is 408 g/mol. The molecule has 2 aromatic heterocycles. The fourth-order valence-corrected chi connectivity index (χ4v) is 2.64. The number of benzene rings is 1. The largest absolute Gasteiger partial charge is 0.443 e. The standard InChI is InChI=1S/C21H21ClN4O4/c1-5-16(27)23-13-7-6-8-14(11-13)30-18-15-9-10-26(17(15)24-20(22)25-18)12-29-19(28)21(2,3)4/h5-11H,1,12H2,2-4H3,(H,23,27). The zero-order valence-electron chi connectivity index (χ0n) is 16.8. The fraction of sp³-hybridized carbons (Fsp3) is 0.238. The molecule has 0 aliphatic rings. The number of nitrogens with zero attached hydrogens (tertiary/aromatic N) is 3. The lowest BCUT2D eigenvalue weighted by Crippen LogP contribution is -2.23. The third kappa shape index (κ3) is 4.96. The van der Waals surface area contributed by atoms with Crippen LogP contribution in [0.5, 0.6) is 11.6 Å². The average molecular weight is 429 g/mol. The van der Waals surface area contributed by atoms with Crippen LogP contribution in [0.1, 0.15) is 20.8 Å². The molecule has 2 heterocycles. The van der Waals surface area contributed by atoms with E-state index < -0.39 is 5.41 Å². The van der Waals surface area contributed by atoms with Gasteiger partial charge in [-0.15, -0.1) is 0 Å². The number of anilines is 1. The summed E-state index contributed by atoms with van der Waals surface area (Å²) in [6.45, 7) is 8.74. The van der Waals surface area contributed by atoms with Crippen molar-refractivity contribution in [2.24, 2.45) is 5.41 Å². The van der Waals surface area contributed by atoms with Gasteiger partial charge in [0.05, 0.1) is 10.8 Å². The summed E-state index contributed by atoms with van der Waals surface area (Å²) < 4.78 is 12.9. The average Bonchev–Trinajstić information content (AvgIpc) is 3.08. The minimum absolute atomic E-state index is 0.0179. The summed E-state index contributed by atoms with van der Waals surface area (Å²) in [7, 11) is 0. The number of hydrogen-bond acceptors (Lipinski definition) is 6. The summed E-state index contributed by atoms with van der Waals surface area (Å²) in [5.41, 5.74) is 0.388. The highest BCUT2D eigenvalue weighted by Gasteiger charge is 2.23. The van der Waals surface area contributed by atoms with E-state index in [1.807, 2.05) is 0 Å². The topological polar surface area (TPSA) is 95.3 Å². The maximum atomic E-state index is 12.0. The Morgan fingerprint density at radius 3 is 2.73 bits per heavy atom. The molecule has 0 saturated carbocycles. The van der Waals surface area contributed by atoms with Crippen molar-refractivity contribution >= 4 is 40.2 Å². The zero-order chi connectivity index (χ0) is 21.9. The van der Waals surface area contributed by atoms with E-state index in [1.165, 1.54) is 6.08 Å². The van der Waals surface area contributed by atoms with Crippen molar-refractivity contribution in [3.8, 4) is 11.6 Å². The van der Waals surface area contributed by atoms with Gasteiger partial charge in [0, 0.05) is 18.0 Å². The minimum Gasteiger partial charge on any atom is -0.443 e. The molecule has 0 aliphatic heterocycles. The molecular formula is C21H21ClN4O4. The van der Waals surface area contributed by atoms with Gasteiger partial charge in [-0.3, -0.25) is 14.2 Å². The first kappa shape index (κ1) is 21.3. The maximum absolute atomic E-state index is 12.0. The molecule has 0 saturated heterocycles. The van der Waals surface area contributed by atoms with Gasteiger partial charge >= 0.3 is 5.97 Å². The predicted octanol–water partition coefficient (Wildman–Crippen LogP) is 4.55. The van der Waals surface area contributed by atoms with E-state index in [4.69, 9.17) is 21.1 Å². The molecule has 3 aromatic rings. The number of carbonyl (C=O) groups is 2. The Labute approximate surface area is 178 Å². The summed E-state index contributed by atoms with van der Waals surface area (Å²) >= 11 is 6.08. The highest BCUT2D eigenvalue weighted by atomic mass is 35.5. The molecule has 1 amide bonds. The van der Waals surface area contributed by atoms with Crippen LogP contribution < -0.4 is 10.1 Å². The second kappa shape index (κ2) is 8.54. The molecule has 0 radical (unpaired) electrons. The Morgan fingerprint density at radius 2 is 2.03 bits per heavy atom. The number of nitrogens with one attached hydrogen (secondary N) is 1. The lowest BCUT2D eigenvalue weighted by Gasteiger charge is -2.17. The SMILES string of the molecule is C=CC(=O)Nc1cccc(Oc2nc(Cl)nc3c2ccn3COC(=O)C(C)(C)C)c1. The highest BCUT2D eigenvalue weighted by molar-refractivity contribution is 6.28. The Kier molecular flexibility index (Phi) is 6.07. The van der Waals surface area contributed by atoms with Crippen molar-refractivity contribution < 1.29 is 19.1 Å². The first-order valence-electron chi connectivity index (χ1n) is 9.08. The zero-order valence-corrected chi connectivity index (χ0v) is 17.6. The molecule has 156 valence electrons. The van der Waals surface area contributed by atoms with Gasteiger partial charge in [0.25, 0.3) is 0 Å². The van der Waals surface area contributed by atoms with E-state index in [1.54, 1.807) is 61.9 Å². The summed E-state index contributed by atoms with van der Waals surface area (Å²) in [6, 6.07) is 8.55. The Morgan fingerprint density at radius 1 is 1.27 bits per heavy atom. The van der Waals surface area contributed by atoms with Crippen molar-refractivity contribution in [1.29, 1.82) is 0 Å². The number of aromatic nitrogens is 3. The Bertz CT molecular complexity index is 1120. The van der Waals surface area contributed by atoms with Gasteiger partial charge < -0.3 is 14.8 Å². The van der Waals surface area contributed by atoms with Gasteiger partial charge in [-0.05, 0) is 56.6 Å². The number of esters is 1. The smallest absolute Gasteiger partial charge is 0.312 e. The number of rotatable bonds is 6. The quantitative estimate of drug-likeness (QED) is 0.351. The van der Waals surface area contributed by atoms with E-state index in [0.717, 1.165) is 0 Å². The molecule has 0 spiro atoms. The highest BCUT2D eigenvalue weighted by Crippen LogP contribution is 2.30. The fourth-order valence-electron chi connectivity index (χ4n) is 2.48. The number of halogens is 1. The summed E-state index contributed by atoms with van der Waals surface area (Å²) in [5, 5.41) is 3.23. The van der Waals surface area contributed by atoms with Crippen LogP contribution in [-0.2, 0) is 21.1 Å². The first-order valence-corrected chi connectivity index (χ1v) is 9.46. The maximum Gasteiger partial charge on any atom is 0.312 e. The summed E-state index contributed by atoms with van der Waals surface area (Å²) in [6.07, 6.45) is 2.88. The third-order valence-corrected chi connectivity index (χ3v) is 4.17. The molecule has 8 nitrogen and oxygen atoms in total. The molecule has 9 heteroatoms. The van der Waals surface area contributed by atoms with Crippen LogP contribution in [0.15, 0.2) is 49.2 Å².